The summed E-state index contributed by atoms with van der Waals surface area (Å²) in [7, 11) is 1.68. The van der Waals surface area contributed by atoms with Crippen molar-refractivity contribution in [2.24, 2.45) is 0 Å². The van der Waals surface area contributed by atoms with Crippen LogP contribution in [0.5, 0.6) is 0 Å². The number of aromatic nitrogens is 2. The number of carbonyl (C=O) groups is 2. The molecule has 1 amide bonds. The topological polar surface area (TPSA) is 88.5 Å². The summed E-state index contributed by atoms with van der Waals surface area (Å²) in [6, 6.07) is 7.80. The summed E-state index contributed by atoms with van der Waals surface area (Å²) in [5.74, 6) is -0.172. The zero-order valence-corrected chi connectivity index (χ0v) is 21.2. The maximum Gasteiger partial charge on any atom is 0.271 e. The standard InChI is InChI=1S/C27H37N5O3/c1-20(2)26-24(29-19-32(26)11-7-10-31-12-14-35-15-13-31)17-23(18-33)30-27(34)25(28-4)16-22-9-6-5-8-21(22)3/h5-6,8-9,16-20,28H,7,10-15H2,1-4H3,(H,30,34)/b23-17-,25-16-. The minimum atomic E-state index is -0.384. The quantitative estimate of drug-likeness (QED) is 0.381. The molecule has 3 rings (SSSR count). The Morgan fingerprint density at radius 1 is 1.17 bits per heavy atom. The van der Waals surface area contributed by atoms with E-state index in [9.17, 15) is 9.59 Å². The van der Waals surface area contributed by atoms with Crippen molar-refractivity contribution in [3.05, 3.63) is 64.5 Å². The van der Waals surface area contributed by atoms with Crippen molar-refractivity contribution in [3.63, 3.8) is 0 Å². The highest BCUT2D eigenvalue weighted by atomic mass is 16.5. The van der Waals surface area contributed by atoms with Gasteiger partial charge in [0.2, 0.25) is 0 Å². The normalized spacial score (nSPS) is 15.3. The van der Waals surface area contributed by atoms with Crippen LogP contribution in [0.2, 0.25) is 0 Å². The fraction of sp³-hybridized carbons (Fsp3) is 0.444. The number of nitrogens with zero attached hydrogens (tertiary/aromatic N) is 3. The number of aldehydes is 1. The van der Waals surface area contributed by atoms with Gasteiger partial charge in [-0.15, -0.1) is 0 Å². The van der Waals surface area contributed by atoms with E-state index < -0.39 is 0 Å². The van der Waals surface area contributed by atoms with Crippen molar-refractivity contribution < 1.29 is 14.3 Å². The Labute approximate surface area is 208 Å². The molecule has 8 heteroatoms. The molecule has 0 atom stereocenters. The smallest absolute Gasteiger partial charge is 0.271 e. The number of rotatable bonds is 11. The number of morpholine rings is 1. The number of benzene rings is 1. The molecule has 188 valence electrons. The van der Waals surface area contributed by atoms with Crippen LogP contribution < -0.4 is 10.6 Å². The Bertz CT molecular complexity index is 1060. The molecule has 1 aromatic heterocycles. The molecule has 1 aliphatic heterocycles. The van der Waals surface area contributed by atoms with E-state index in [2.05, 4.69) is 38.9 Å². The minimum absolute atomic E-state index is 0.168. The number of hydrogen-bond acceptors (Lipinski definition) is 6. The van der Waals surface area contributed by atoms with E-state index in [1.807, 2.05) is 37.5 Å². The fourth-order valence-electron chi connectivity index (χ4n) is 4.21. The highest BCUT2D eigenvalue weighted by Gasteiger charge is 2.16. The molecule has 8 nitrogen and oxygen atoms in total. The van der Waals surface area contributed by atoms with Crippen LogP contribution in [0.4, 0.5) is 0 Å². The van der Waals surface area contributed by atoms with E-state index in [0.717, 1.165) is 62.6 Å². The number of likely N-dealkylation sites (N-methyl/N-ethyl adjacent to an activating group) is 1. The van der Waals surface area contributed by atoms with E-state index in [-0.39, 0.29) is 17.5 Å². The van der Waals surface area contributed by atoms with Gasteiger partial charge in [-0.05, 0) is 42.5 Å². The Morgan fingerprint density at radius 2 is 1.91 bits per heavy atom. The SMILES string of the molecule is CN/C(=C\c1ccccc1C)C(=O)N/C(C=O)=C\c1ncn(CCCN2CCOCC2)c1C(C)C. The lowest BCUT2D eigenvalue weighted by Crippen LogP contribution is -2.37. The summed E-state index contributed by atoms with van der Waals surface area (Å²) >= 11 is 0. The van der Waals surface area contributed by atoms with Gasteiger partial charge in [0, 0.05) is 38.9 Å². The van der Waals surface area contributed by atoms with Gasteiger partial charge in [0.15, 0.2) is 6.29 Å². The maximum absolute atomic E-state index is 12.9. The summed E-state index contributed by atoms with van der Waals surface area (Å²) in [4.78, 5) is 31.7. The van der Waals surface area contributed by atoms with Gasteiger partial charge < -0.3 is 19.9 Å². The van der Waals surface area contributed by atoms with E-state index in [0.29, 0.717) is 17.7 Å². The molecule has 1 aliphatic rings. The van der Waals surface area contributed by atoms with Crippen LogP contribution >= 0.6 is 0 Å². The first-order valence-electron chi connectivity index (χ1n) is 12.2. The minimum Gasteiger partial charge on any atom is -0.384 e. The molecule has 1 saturated heterocycles. The van der Waals surface area contributed by atoms with Crippen LogP contribution in [0.3, 0.4) is 0 Å². The van der Waals surface area contributed by atoms with Gasteiger partial charge in [0.1, 0.15) is 5.70 Å². The zero-order valence-electron chi connectivity index (χ0n) is 21.2. The number of imidazole rings is 1. The maximum atomic E-state index is 12.9. The van der Waals surface area contributed by atoms with Gasteiger partial charge in [-0.1, -0.05) is 38.1 Å². The number of ether oxygens (including phenoxy) is 1. The van der Waals surface area contributed by atoms with E-state index in [4.69, 9.17) is 4.74 Å². The summed E-state index contributed by atoms with van der Waals surface area (Å²) in [5, 5.41) is 5.65. The first kappa shape index (κ1) is 26.4. The van der Waals surface area contributed by atoms with Crippen LogP contribution in [0.1, 0.15) is 48.7 Å². The largest absolute Gasteiger partial charge is 0.384 e. The third kappa shape index (κ3) is 7.37. The lowest BCUT2D eigenvalue weighted by molar-refractivity contribution is -0.118. The molecule has 0 spiro atoms. The van der Waals surface area contributed by atoms with Crippen molar-refractivity contribution in [1.82, 2.24) is 25.1 Å². The monoisotopic (exact) mass is 479 g/mol. The molecule has 0 bridgehead atoms. The van der Waals surface area contributed by atoms with Crippen molar-refractivity contribution >= 4 is 24.3 Å². The predicted molar refractivity (Wildman–Crippen MR) is 139 cm³/mol. The van der Waals surface area contributed by atoms with Gasteiger partial charge >= 0.3 is 0 Å². The molecule has 2 aromatic rings. The van der Waals surface area contributed by atoms with Crippen LogP contribution in [0.15, 0.2) is 42.0 Å². The second-order valence-corrected chi connectivity index (χ2v) is 9.01. The summed E-state index contributed by atoms with van der Waals surface area (Å²) in [5.41, 5.74) is 4.26. The third-order valence-corrected chi connectivity index (χ3v) is 6.11. The Balaban J connectivity index is 1.72. The molecule has 2 heterocycles. The van der Waals surface area contributed by atoms with Gasteiger partial charge in [0.05, 0.1) is 30.9 Å². The van der Waals surface area contributed by atoms with Crippen molar-refractivity contribution in [2.75, 3.05) is 39.9 Å². The highest BCUT2D eigenvalue weighted by molar-refractivity contribution is 6.01. The molecule has 0 radical (unpaired) electrons. The molecule has 1 fully saturated rings. The number of hydrogen-bond donors (Lipinski definition) is 2. The van der Waals surface area contributed by atoms with Crippen LogP contribution in [-0.2, 0) is 20.9 Å². The third-order valence-electron chi connectivity index (χ3n) is 6.11. The van der Waals surface area contributed by atoms with Gasteiger partial charge in [-0.2, -0.15) is 0 Å². The van der Waals surface area contributed by atoms with E-state index in [1.54, 1.807) is 19.2 Å². The molecule has 1 aromatic carbocycles. The average Bonchev–Trinajstić information content (AvgIpc) is 3.26. The Morgan fingerprint density at radius 3 is 2.57 bits per heavy atom. The van der Waals surface area contributed by atoms with Crippen molar-refractivity contribution in [3.8, 4) is 0 Å². The van der Waals surface area contributed by atoms with Gasteiger partial charge in [0.25, 0.3) is 5.91 Å². The number of carbonyl (C=O) groups excluding carboxylic acids is 2. The number of amides is 1. The summed E-state index contributed by atoms with van der Waals surface area (Å²) in [6.07, 6.45) is 6.91. The number of nitrogens with one attached hydrogen (secondary N) is 2. The number of aryl methyl sites for hydroxylation is 2. The summed E-state index contributed by atoms with van der Waals surface area (Å²) in [6.45, 7) is 11.6. The summed E-state index contributed by atoms with van der Waals surface area (Å²) < 4.78 is 7.57. The molecule has 35 heavy (non-hydrogen) atoms. The molecule has 0 saturated carbocycles. The molecule has 0 aliphatic carbocycles. The zero-order chi connectivity index (χ0) is 25.2. The predicted octanol–water partition coefficient (Wildman–Crippen LogP) is 2.95. The van der Waals surface area contributed by atoms with Crippen molar-refractivity contribution in [1.29, 1.82) is 0 Å². The van der Waals surface area contributed by atoms with E-state index in [1.165, 1.54) is 0 Å². The van der Waals surface area contributed by atoms with Gasteiger partial charge in [-0.3, -0.25) is 14.5 Å². The highest BCUT2D eigenvalue weighted by Crippen LogP contribution is 2.21. The van der Waals surface area contributed by atoms with Gasteiger partial charge in [-0.25, -0.2) is 4.98 Å². The van der Waals surface area contributed by atoms with Crippen molar-refractivity contribution in [2.45, 2.75) is 39.7 Å². The van der Waals surface area contributed by atoms with Crippen LogP contribution in [-0.4, -0.2) is 66.5 Å². The lowest BCUT2D eigenvalue weighted by atomic mass is 10.1. The fourth-order valence-corrected chi connectivity index (χ4v) is 4.21. The first-order chi connectivity index (χ1) is 16.9. The second kappa shape index (κ2) is 13.0. The molecule has 2 N–H and O–H groups in total. The average molecular weight is 480 g/mol. The molecular weight excluding hydrogens is 442 g/mol. The Kier molecular flexibility index (Phi) is 9.81. The molecule has 0 unspecified atom stereocenters. The lowest BCUT2D eigenvalue weighted by Gasteiger charge is -2.26. The molecular formula is C27H37N5O3. The van der Waals surface area contributed by atoms with Crippen LogP contribution in [0, 0.1) is 6.92 Å². The number of allylic oxidation sites excluding steroid dienone is 1. The Hall–Kier alpha value is -3.23. The van der Waals surface area contributed by atoms with Crippen LogP contribution in [0.25, 0.3) is 12.2 Å². The first-order valence-corrected chi connectivity index (χ1v) is 12.2. The second-order valence-electron chi connectivity index (χ2n) is 9.01. The van der Waals surface area contributed by atoms with E-state index >= 15 is 0 Å².